The number of rotatable bonds is 8. The number of hydrogen-bond donors (Lipinski definition) is 3. The Morgan fingerprint density at radius 1 is 1.30 bits per heavy atom. The van der Waals surface area contributed by atoms with Crippen molar-refractivity contribution in [2.45, 2.75) is 38.7 Å². The van der Waals surface area contributed by atoms with Crippen molar-refractivity contribution in [2.75, 3.05) is 19.6 Å². The van der Waals surface area contributed by atoms with E-state index in [-0.39, 0.29) is 6.54 Å². The van der Waals surface area contributed by atoms with E-state index in [1.54, 1.807) is 17.8 Å². The molecule has 0 bridgehead atoms. The topological polar surface area (TPSA) is 74.5 Å². The fourth-order valence-corrected chi connectivity index (χ4v) is 3.26. The van der Waals surface area contributed by atoms with Gasteiger partial charge in [-0.05, 0) is 44.1 Å². The predicted molar refractivity (Wildman–Crippen MR) is 109 cm³/mol. The lowest BCUT2D eigenvalue weighted by atomic mass is 9.96. The lowest BCUT2D eigenvalue weighted by Gasteiger charge is -2.22. The van der Waals surface area contributed by atoms with Gasteiger partial charge in [0.1, 0.15) is 5.60 Å². The van der Waals surface area contributed by atoms with Gasteiger partial charge in [0.15, 0.2) is 5.96 Å². The number of hydrogen-bond acceptors (Lipinski definition) is 3. The molecule has 1 heterocycles. The standard InChI is InChI=1S/C21H31N5O/c1-4-22-19(23-15-20(2,27)18-13-25-26(3)14-18)24-16-21(10-11-21)12-17-8-6-5-7-9-17/h5-9,13-14,27H,4,10-12,15-16H2,1-3H3,(H2,22,23,24). The number of guanidine groups is 1. The Morgan fingerprint density at radius 2 is 2.04 bits per heavy atom. The van der Waals surface area contributed by atoms with Gasteiger partial charge in [0, 0.05) is 31.9 Å². The van der Waals surface area contributed by atoms with Gasteiger partial charge in [-0.2, -0.15) is 5.10 Å². The van der Waals surface area contributed by atoms with Crippen LogP contribution in [0, 0.1) is 5.41 Å². The van der Waals surface area contributed by atoms with Gasteiger partial charge in [0.2, 0.25) is 0 Å². The summed E-state index contributed by atoms with van der Waals surface area (Å²) in [4.78, 5) is 4.62. The highest BCUT2D eigenvalue weighted by atomic mass is 16.3. The number of aromatic nitrogens is 2. The highest BCUT2D eigenvalue weighted by Crippen LogP contribution is 2.47. The first-order valence-electron chi connectivity index (χ1n) is 9.70. The van der Waals surface area contributed by atoms with E-state index in [0.29, 0.717) is 5.41 Å². The molecule has 0 saturated heterocycles. The van der Waals surface area contributed by atoms with Crippen LogP contribution in [-0.2, 0) is 19.1 Å². The van der Waals surface area contributed by atoms with Gasteiger partial charge in [0.25, 0.3) is 0 Å². The van der Waals surface area contributed by atoms with Crippen molar-refractivity contribution < 1.29 is 5.11 Å². The molecule has 1 aliphatic carbocycles. The maximum atomic E-state index is 10.7. The van der Waals surface area contributed by atoms with E-state index in [1.807, 2.05) is 20.2 Å². The number of benzene rings is 1. The summed E-state index contributed by atoms with van der Waals surface area (Å²) in [7, 11) is 1.84. The molecule has 3 rings (SSSR count). The fourth-order valence-electron chi connectivity index (χ4n) is 3.26. The molecule has 0 aliphatic heterocycles. The summed E-state index contributed by atoms with van der Waals surface area (Å²) in [5.41, 5.74) is 1.44. The van der Waals surface area contributed by atoms with Crippen LogP contribution in [0.15, 0.2) is 47.7 Å². The molecule has 0 amide bonds. The molecule has 0 radical (unpaired) electrons. The Morgan fingerprint density at radius 3 is 2.63 bits per heavy atom. The molecular formula is C21H31N5O. The first-order valence-corrected chi connectivity index (χ1v) is 9.70. The van der Waals surface area contributed by atoms with E-state index in [4.69, 9.17) is 0 Å². The Balaban J connectivity index is 1.59. The lowest BCUT2D eigenvalue weighted by molar-refractivity contribution is 0.0671. The van der Waals surface area contributed by atoms with Gasteiger partial charge in [-0.15, -0.1) is 0 Å². The monoisotopic (exact) mass is 369 g/mol. The van der Waals surface area contributed by atoms with Gasteiger partial charge in [0.05, 0.1) is 12.7 Å². The minimum absolute atomic E-state index is 0.277. The Hall–Kier alpha value is -2.34. The Labute approximate surface area is 161 Å². The van der Waals surface area contributed by atoms with E-state index in [2.05, 4.69) is 51.1 Å². The second-order valence-electron chi connectivity index (χ2n) is 7.89. The molecule has 6 heteroatoms. The molecule has 3 N–H and O–H groups in total. The van der Waals surface area contributed by atoms with Crippen molar-refractivity contribution in [1.82, 2.24) is 20.4 Å². The van der Waals surface area contributed by atoms with Gasteiger partial charge >= 0.3 is 0 Å². The molecule has 27 heavy (non-hydrogen) atoms. The van der Waals surface area contributed by atoms with Crippen LogP contribution >= 0.6 is 0 Å². The highest BCUT2D eigenvalue weighted by Gasteiger charge is 2.42. The van der Waals surface area contributed by atoms with Crippen LogP contribution in [0.1, 0.15) is 37.8 Å². The zero-order valence-electron chi connectivity index (χ0n) is 16.6. The summed E-state index contributed by atoms with van der Waals surface area (Å²) >= 11 is 0. The molecule has 1 aromatic carbocycles. The van der Waals surface area contributed by atoms with Crippen LogP contribution in [0.5, 0.6) is 0 Å². The Kier molecular flexibility index (Phi) is 5.85. The van der Waals surface area contributed by atoms with Crippen LogP contribution in [0.3, 0.4) is 0 Å². The molecule has 1 aromatic heterocycles. The number of nitrogens with one attached hydrogen (secondary N) is 2. The average molecular weight is 370 g/mol. The summed E-state index contributed by atoms with van der Waals surface area (Å²) in [5, 5.41) is 21.6. The van der Waals surface area contributed by atoms with Crippen LogP contribution in [0.25, 0.3) is 0 Å². The van der Waals surface area contributed by atoms with Crippen molar-refractivity contribution in [1.29, 1.82) is 0 Å². The second kappa shape index (κ2) is 8.13. The molecule has 1 fully saturated rings. The second-order valence-corrected chi connectivity index (χ2v) is 7.89. The SMILES string of the molecule is CCNC(=NCC(C)(O)c1cnn(C)c1)NCC1(Cc2ccccc2)CC1. The van der Waals surface area contributed by atoms with Crippen molar-refractivity contribution >= 4 is 5.96 Å². The first-order chi connectivity index (χ1) is 12.9. The third-order valence-corrected chi connectivity index (χ3v) is 5.23. The van der Waals surface area contributed by atoms with Crippen molar-refractivity contribution in [3.8, 4) is 0 Å². The van der Waals surface area contributed by atoms with Gasteiger partial charge in [-0.1, -0.05) is 30.3 Å². The normalized spacial score (nSPS) is 18.0. The molecule has 1 atom stereocenters. The number of nitrogens with zero attached hydrogens (tertiary/aromatic N) is 3. The minimum Gasteiger partial charge on any atom is -0.383 e. The van der Waals surface area contributed by atoms with Crippen molar-refractivity contribution in [3.05, 3.63) is 53.9 Å². The largest absolute Gasteiger partial charge is 0.383 e. The molecule has 2 aromatic rings. The zero-order chi connectivity index (χ0) is 19.3. The summed E-state index contributed by atoms with van der Waals surface area (Å²) in [6.45, 7) is 5.78. The van der Waals surface area contributed by atoms with Crippen molar-refractivity contribution in [3.63, 3.8) is 0 Å². The summed E-state index contributed by atoms with van der Waals surface area (Å²) < 4.78 is 1.69. The molecule has 1 saturated carbocycles. The van der Waals surface area contributed by atoms with E-state index in [0.717, 1.165) is 31.0 Å². The van der Waals surface area contributed by atoms with E-state index in [9.17, 15) is 5.11 Å². The molecule has 1 unspecified atom stereocenters. The van der Waals surface area contributed by atoms with Crippen LogP contribution in [0.2, 0.25) is 0 Å². The van der Waals surface area contributed by atoms with E-state index >= 15 is 0 Å². The number of aliphatic hydroxyl groups is 1. The maximum Gasteiger partial charge on any atom is 0.191 e. The van der Waals surface area contributed by atoms with Gasteiger partial charge in [-0.3, -0.25) is 4.68 Å². The Bertz CT molecular complexity index is 762. The summed E-state index contributed by atoms with van der Waals surface area (Å²) in [6, 6.07) is 10.7. The number of aliphatic imine (C=N–C) groups is 1. The lowest BCUT2D eigenvalue weighted by Crippen LogP contribution is -2.41. The van der Waals surface area contributed by atoms with Gasteiger partial charge < -0.3 is 15.7 Å². The summed E-state index contributed by atoms with van der Waals surface area (Å²) in [6.07, 6.45) is 7.08. The summed E-state index contributed by atoms with van der Waals surface area (Å²) in [5.74, 6) is 0.751. The third-order valence-electron chi connectivity index (χ3n) is 5.23. The van der Waals surface area contributed by atoms with Crippen molar-refractivity contribution in [2.24, 2.45) is 17.5 Å². The fraction of sp³-hybridized carbons (Fsp3) is 0.524. The smallest absolute Gasteiger partial charge is 0.191 e. The molecule has 0 spiro atoms. The quantitative estimate of drug-likeness (QED) is 0.493. The van der Waals surface area contributed by atoms with E-state index in [1.165, 1.54) is 18.4 Å². The van der Waals surface area contributed by atoms with Crippen LogP contribution in [-0.4, -0.2) is 40.5 Å². The molecule has 146 valence electrons. The zero-order valence-corrected chi connectivity index (χ0v) is 16.6. The van der Waals surface area contributed by atoms with Crippen LogP contribution < -0.4 is 10.6 Å². The average Bonchev–Trinajstić information content (AvgIpc) is 3.26. The molecular weight excluding hydrogens is 338 g/mol. The number of aryl methyl sites for hydroxylation is 1. The molecule has 1 aliphatic rings. The van der Waals surface area contributed by atoms with Crippen LogP contribution in [0.4, 0.5) is 0 Å². The highest BCUT2D eigenvalue weighted by molar-refractivity contribution is 5.79. The van der Waals surface area contributed by atoms with Gasteiger partial charge in [-0.25, -0.2) is 4.99 Å². The minimum atomic E-state index is -1.04. The third kappa shape index (κ3) is 5.32. The first kappa shape index (κ1) is 19.4. The molecule has 6 nitrogen and oxygen atoms in total. The predicted octanol–water partition coefficient (Wildman–Crippen LogP) is 2.21. The van der Waals surface area contributed by atoms with E-state index < -0.39 is 5.60 Å². The maximum absolute atomic E-state index is 10.7.